The molecule has 0 unspecified atom stereocenters. The van der Waals surface area contributed by atoms with E-state index in [0.29, 0.717) is 17.0 Å². The Balaban J connectivity index is 0.00000561. The number of benzene rings is 4. The van der Waals surface area contributed by atoms with Crippen molar-refractivity contribution in [2.75, 3.05) is 0 Å². The van der Waals surface area contributed by atoms with Crippen LogP contribution in [0.15, 0.2) is 65.7 Å². The Hall–Kier alpha value is -4.01. The summed E-state index contributed by atoms with van der Waals surface area (Å²) in [6, 6.07) is 29.8. The molecular formula is C54H63N3OPt. The molecule has 1 aliphatic heterocycles. The van der Waals surface area contributed by atoms with Gasteiger partial charge in [-0.15, -0.1) is 47.0 Å². The maximum atomic E-state index is 9.89. The van der Waals surface area contributed by atoms with E-state index < -0.39 is 22.9 Å². The molecule has 0 saturated carbocycles. The molecule has 8 rings (SSSR count). The van der Waals surface area contributed by atoms with E-state index in [0.717, 1.165) is 72.3 Å². The number of nitrogens with zero attached hydrogens (tertiary/aromatic N) is 3. The first kappa shape index (κ1) is 40.4. The summed E-state index contributed by atoms with van der Waals surface area (Å²) < 4.78 is 29.3. The summed E-state index contributed by atoms with van der Waals surface area (Å²) in [5.41, 5.74) is 11.5. The molecule has 5 heteroatoms. The molecule has 6 aromatic rings. The SMILES string of the molecule is [2H]C1([2H])c2cc(C)c(C)cc2[C@@]2(C)N=C(c3[c-]c(-n4c5[c-]c(-c6cc(C(C)(C)C)cc(C(C)(C)C)n6)c(C)cc5c5cc(C)ccc54)cc(C(C)(C)C)c3)O[C@@]12C(C)(C)C.[Pt+2]. The van der Waals surface area contributed by atoms with Gasteiger partial charge in [-0.2, -0.15) is 0 Å². The Morgan fingerprint density at radius 1 is 0.712 bits per heavy atom. The van der Waals surface area contributed by atoms with Crippen LogP contribution in [0.5, 0.6) is 0 Å². The summed E-state index contributed by atoms with van der Waals surface area (Å²) in [5.74, 6) is 0.419. The third-order valence-corrected chi connectivity index (χ3v) is 12.9. The summed E-state index contributed by atoms with van der Waals surface area (Å²) in [6.45, 7) is 36.9. The molecule has 3 heterocycles. The van der Waals surface area contributed by atoms with Crippen LogP contribution in [0.3, 0.4) is 0 Å². The minimum atomic E-state index is -1.83. The summed E-state index contributed by atoms with van der Waals surface area (Å²) in [5, 5.41) is 2.27. The number of aromatic nitrogens is 2. The number of aliphatic imine (C=N–C) groups is 1. The minimum absolute atomic E-state index is 0. The average molecular weight is 967 g/mol. The van der Waals surface area contributed by atoms with Crippen LogP contribution in [0.2, 0.25) is 0 Å². The molecule has 0 saturated heterocycles. The van der Waals surface area contributed by atoms with Crippen LogP contribution in [-0.4, -0.2) is 21.0 Å². The molecule has 1 aliphatic carbocycles. The quantitative estimate of drug-likeness (QED) is 0.166. The fourth-order valence-electron chi connectivity index (χ4n) is 9.06. The Bertz CT molecular complexity index is 2790. The summed E-state index contributed by atoms with van der Waals surface area (Å²) in [6.07, 6.45) is -1.83. The zero-order chi connectivity index (χ0) is 44.1. The molecule has 4 aromatic carbocycles. The fraction of sp³-hybridized carbons (Fsp3) is 0.444. The number of ether oxygens (including phenoxy) is 1. The standard InChI is InChI=1S/C54H63N3O.Pt/c1-31-18-19-45-41(20-31)42-22-34(4)40(44-27-38(50(8,9)10)28-47(55-44)51(11,12)13)29-46(42)57(45)39-25-35(24-37(26-39)49(5,6)7)48-56-53(17)43-23-33(3)32(2)21-36(43)30-54(53,58-48)52(14,15)16;/h18-24,26-28H,30H2,1-17H3;/q-2;+2/t53-,54-;/m1./s1/i30D2;. The van der Waals surface area contributed by atoms with Crippen LogP contribution < -0.4 is 0 Å². The molecule has 2 atom stereocenters. The van der Waals surface area contributed by atoms with Crippen LogP contribution in [0.4, 0.5) is 0 Å². The first-order valence-corrected chi connectivity index (χ1v) is 21.0. The van der Waals surface area contributed by atoms with E-state index in [1.807, 2.05) is 6.07 Å². The predicted octanol–water partition coefficient (Wildman–Crippen LogP) is 13.6. The maximum absolute atomic E-state index is 9.89. The van der Waals surface area contributed by atoms with Crippen molar-refractivity contribution in [3.05, 3.63) is 129 Å². The van der Waals surface area contributed by atoms with Crippen molar-refractivity contribution >= 4 is 27.7 Å². The number of pyridine rings is 1. The smallest absolute Gasteiger partial charge is 0.510 e. The number of aryl methyl sites for hydroxylation is 4. The zero-order valence-electron chi connectivity index (χ0n) is 40.3. The van der Waals surface area contributed by atoms with Crippen LogP contribution in [0.1, 0.15) is 149 Å². The molecule has 0 amide bonds. The van der Waals surface area contributed by atoms with Gasteiger partial charge in [-0.25, -0.2) is 0 Å². The molecule has 4 nitrogen and oxygen atoms in total. The van der Waals surface area contributed by atoms with E-state index in [1.54, 1.807) is 0 Å². The van der Waals surface area contributed by atoms with Crippen LogP contribution in [0, 0.1) is 45.2 Å². The fourth-order valence-corrected chi connectivity index (χ4v) is 9.06. The van der Waals surface area contributed by atoms with Gasteiger partial charge in [0.15, 0.2) is 0 Å². The van der Waals surface area contributed by atoms with Gasteiger partial charge in [0, 0.05) is 31.2 Å². The van der Waals surface area contributed by atoms with Gasteiger partial charge >= 0.3 is 21.1 Å². The van der Waals surface area contributed by atoms with Crippen molar-refractivity contribution in [1.82, 2.24) is 9.55 Å². The second kappa shape index (κ2) is 13.8. The molecule has 0 N–H and O–H groups in total. The molecular weight excluding hydrogens is 902 g/mol. The Kier molecular flexibility index (Phi) is 9.42. The summed E-state index contributed by atoms with van der Waals surface area (Å²) in [4.78, 5) is 10.8. The maximum Gasteiger partial charge on any atom is 2.00 e. The van der Waals surface area contributed by atoms with Gasteiger partial charge in [0.1, 0.15) is 17.0 Å². The Labute approximate surface area is 371 Å². The van der Waals surface area contributed by atoms with E-state index in [1.165, 1.54) is 11.1 Å². The number of rotatable bonds is 3. The van der Waals surface area contributed by atoms with Crippen LogP contribution in [-0.2, 0) is 54.0 Å². The van der Waals surface area contributed by atoms with E-state index in [-0.39, 0.29) is 37.3 Å². The van der Waals surface area contributed by atoms with Crippen LogP contribution in [0.25, 0.3) is 38.8 Å². The van der Waals surface area contributed by atoms with E-state index in [2.05, 4.69) is 189 Å². The van der Waals surface area contributed by atoms with Gasteiger partial charge < -0.3 is 14.3 Å². The largest absolute Gasteiger partial charge is 2.00 e. The van der Waals surface area contributed by atoms with Gasteiger partial charge in [0.25, 0.3) is 0 Å². The van der Waals surface area contributed by atoms with E-state index in [4.69, 9.17) is 14.7 Å². The average Bonchev–Trinajstić information content (AvgIpc) is 3.67. The monoisotopic (exact) mass is 966 g/mol. The third kappa shape index (κ3) is 6.85. The van der Waals surface area contributed by atoms with Crippen molar-refractivity contribution in [3.8, 4) is 16.9 Å². The van der Waals surface area contributed by atoms with Crippen molar-refractivity contribution in [2.45, 2.75) is 151 Å². The van der Waals surface area contributed by atoms with Gasteiger partial charge in [0.05, 0.1) is 0 Å². The van der Waals surface area contributed by atoms with Crippen molar-refractivity contribution < 1.29 is 28.5 Å². The zero-order valence-corrected chi connectivity index (χ0v) is 40.6. The van der Waals surface area contributed by atoms with Gasteiger partial charge in [0.2, 0.25) is 0 Å². The second-order valence-electron chi connectivity index (χ2n) is 21.6. The summed E-state index contributed by atoms with van der Waals surface area (Å²) >= 11 is 0. The molecule has 0 spiro atoms. The van der Waals surface area contributed by atoms with Crippen molar-refractivity contribution in [1.29, 1.82) is 0 Å². The molecule has 0 radical (unpaired) electrons. The summed E-state index contributed by atoms with van der Waals surface area (Å²) in [7, 11) is 0. The molecule has 59 heavy (non-hydrogen) atoms. The Morgan fingerprint density at radius 3 is 1.98 bits per heavy atom. The Morgan fingerprint density at radius 2 is 1.36 bits per heavy atom. The van der Waals surface area contributed by atoms with Gasteiger partial charge in [-0.3, -0.25) is 4.99 Å². The van der Waals surface area contributed by atoms with Crippen molar-refractivity contribution in [2.24, 2.45) is 10.4 Å². The number of hydrogen-bond donors (Lipinski definition) is 0. The first-order chi connectivity index (χ1) is 27.5. The molecule has 310 valence electrons. The predicted molar refractivity (Wildman–Crippen MR) is 244 cm³/mol. The molecule has 2 aromatic heterocycles. The number of fused-ring (bicyclic) bond motifs is 6. The van der Waals surface area contributed by atoms with Gasteiger partial charge in [-0.05, 0) is 101 Å². The minimum Gasteiger partial charge on any atom is -0.510 e. The van der Waals surface area contributed by atoms with Gasteiger partial charge in [-0.1, -0.05) is 137 Å². The van der Waals surface area contributed by atoms with E-state index in [9.17, 15) is 2.74 Å². The van der Waals surface area contributed by atoms with Crippen LogP contribution >= 0.6 is 0 Å². The first-order valence-electron chi connectivity index (χ1n) is 22.0. The van der Waals surface area contributed by atoms with E-state index >= 15 is 0 Å². The molecule has 0 bridgehead atoms. The molecule has 0 fully saturated rings. The topological polar surface area (TPSA) is 39.4 Å². The normalized spacial score (nSPS) is 20.8. The van der Waals surface area contributed by atoms with Crippen molar-refractivity contribution in [3.63, 3.8) is 0 Å². The number of hydrogen-bond acceptors (Lipinski definition) is 3. The second-order valence-corrected chi connectivity index (χ2v) is 21.6. The third-order valence-electron chi connectivity index (χ3n) is 12.9. The molecule has 2 aliphatic rings.